The van der Waals surface area contributed by atoms with Crippen LogP contribution in [0.3, 0.4) is 0 Å². The van der Waals surface area contributed by atoms with Gasteiger partial charge >= 0.3 is 5.97 Å². The van der Waals surface area contributed by atoms with Crippen LogP contribution in [0.25, 0.3) is 0 Å². The summed E-state index contributed by atoms with van der Waals surface area (Å²) in [4.78, 5) is 45.1. The Morgan fingerprint density at radius 1 is 1.06 bits per heavy atom. The molecular weight excluding hydrogens is 460 g/mol. The molecule has 192 valence electrons. The molecule has 1 aromatic carbocycles. The Morgan fingerprint density at radius 2 is 1.83 bits per heavy atom. The molecule has 0 bridgehead atoms. The highest BCUT2D eigenvalue weighted by Gasteiger charge is 2.75. The molecule has 2 saturated heterocycles. The molecule has 0 saturated carbocycles. The summed E-state index contributed by atoms with van der Waals surface area (Å²) in [6, 6.07) is 8.13. The minimum absolute atomic E-state index is 0.237. The molecule has 5 rings (SSSR count). The van der Waals surface area contributed by atoms with Gasteiger partial charge in [0.15, 0.2) is 0 Å². The third kappa shape index (κ3) is 3.61. The molecule has 1 unspecified atom stereocenters. The molecule has 8 heteroatoms. The standard InChI is InChI=1S/C28H34N2O6/c1-3-20(18-31)30-23-25(33)29(17-19-11-6-5-7-12-19)15-10-14-28(23)21(24(30)32)22-26(34)35-16-9-8-13-27(22,4-2)36-28/h5-8,10-14,20-23,31H,3-4,9,15-18H2,1-2H3/t20-,21-,22-,23?,27+,28-/m0/s1. The molecule has 6 atom stereocenters. The van der Waals surface area contributed by atoms with Crippen LogP contribution in [0.4, 0.5) is 0 Å². The van der Waals surface area contributed by atoms with Crippen molar-refractivity contribution in [2.75, 3.05) is 19.8 Å². The van der Waals surface area contributed by atoms with Crippen molar-refractivity contribution in [2.24, 2.45) is 11.8 Å². The molecule has 4 heterocycles. The van der Waals surface area contributed by atoms with Crippen LogP contribution in [0, 0.1) is 11.8 Å². The summed E-state index contributed by atoms with van der Waals surface area (Å²) in [6.45, 7) is 4.48. The SMILES string of the molecule is CC[C@@H](CO)N1C(=O)[C@@H]2[C@H]3C(=O)OCCC=C[C@@]3(CC)O[C@@]23C=CCN(Cc2ccccc2)C(=O)C13. The van der Waals surface area contributed by atoms with Crippen molar-refractivity contribution in [3.05, 3.63) is 60.2 Å². The van der Waals surface area contributed by atoms with Crippen molar-refractivity contribution in [1.82, 2.24) is 9.80 Å². The number of aliphatic hydroxyl groups is 1. The van der Waals surface area contributed by atoms with Gasteiger partial charge in [-0.1, -0.05) is 68.5 Å². The van der Waals surface area contributed by atoms with Crippen LogP contribution in [0.15, 0.2) is 54.6 Å². The highest BCUT2D eigenvalue weighted by molar-refractivity contribution is 5.99. The molecule has 1 N–H and O–H groups in total. The van der Waals surface area contributed by atoms with Crippen molar-refractivity contribution in [3.63, 3.8) is 0 Å². The highest BCUT2D eigenvalue weighted by atomic mass is 16.6. The van der Waals surface area contributed by atoms with Gasteiger partial charge in [0.2, 0.25) is 11.8 Å². The third-order valence-corrected chi connectivity index (χ3v) is 8.22. The lowest BCUT2D eigenvalue weighted by Crippen LogP contribution is -2.58. The maximum absolute atomic E-state index is 14.3. The molecule has 4 aliphatic heterocycles. The number of carbonyl (C=O) groups is 3. The maximum atomic E-state index is 14.3. The number of cyclic esters (lactones) is 1. The topological polar surface area (TPSA) is 96.4 Å². The van der Waals surface area contributed by atoms with Crippen LogP contribution in [0.5, 0.6) is 0 Å². The van der Waals surface area contributed by atoms with Gasteiger partial charge in [0.1, 0.15) is 23.2 Å². The Kier molecular flexibility index (Phi) is 6.51. The zero-order valence-electron chi connectivity index (χ0n) is 20.8. The molecule has 1 spiro atoms. The first-order valence-corrected chi connectivity index (χ1v) is 12.9. The van der Waals surface area contributed by atoms with Gasteiger partial charge < -0.3 is 24.4 Å². The number of fused-ring (bicyclic) bond motifs is 2. The van der Waals surface area contributed by atoms with Crippen molar-refractivity contribution >= 4 is 17.8 Å². The second-order valence-electron chi connectivity index (χ2n) is 10.1. The van der Waals surface area contributed by atoms with Gasteiger partial charge in [-0.3, -0.25) is 14.4 Å². The first kappa shape index (κ1) is 24.7. The van der Waals surface area contributed by atoms with Gasteiger partial charge in [0, 0.05) is 13.1 Å². The second-order valence-corrected chi connectivity index (χ2v) is 10.1. The lowest BCUT2D eigenvalue weighted by atomic mass is 9.73. The Balaban J connectivity index is 1.64. The summed E-state index contributed by atoms with van der Waals surface area (Å²) >= 11 is 0. The Bertz CT molecular complexity index is 1080. The summed E-state index contributed by atoms with van der Waals surface area (Å²) in [5.41, 5.74) is -1.42. The monoisotopic (exact) mass is 494 g/mol. The van der Waals surface area contributed by atoms with Crippen molar-refractivity contribution in [3.8, 4) is 0 Å². The number of esters is 1. The van der Waals surface area contributed by atoms with Gasteiger partial charge in [-0.05, 0) is 24.8 Å². The largest absolute Gasteiger partial charge is 0.465 e. The van der Waals surface area contributed by atoms with Gasteiger partial charge in [-0.2, -0.15) is 0 Å². The number of carbonyl (C=O) groups excluding carboxylic acids is 3. The van der Waals surface area contributed by atoms with E-state index in [2.05, 4.69) is 0 Å². The summed E-state index contributed by atoms with van der Waals surface area (Å²) < 4.78 is 12.4. The first-order valence-electron chi connectivity index (χ1n) is 12.9. The Hall–Kier alpha value is -2.97. The number of ether oxygens (including phenoxy) is 2. The number of aliphatic hydroxyl groups excluding tert-OH is 1. The lowest BCUT2D eigenvalue weighted by Gasteiger charge is -2.40. The molecule has 2 fully saturated rings. The molecule has 2 amide bonds. The van der Waals surface area contributed by atoms with E-state index in [4.69, 9.17) is 9.47 Å². The van der Waals surface area contributed by atoms with E-state index >= 15 is 0 Å². The van der Waals surface area contributed by atoms with Gasteiger partial charge in [-0.25, -0.2) is 0 Å². The number of rotatable bonds is 6. The molecule has 1 aromatic rings. The number of benzene rings is 1. The molecular formula is C28H34N2O6. The smallest absolute Gasteiger partial charge is 0.313 e. The minimum Gasteiger partial charge on any atom is -0.465 e. The van der Waals surface area contributed by atoms with Crippen molar-refractivity contribution < 1.29 is 29.0 Å². The predicted molar refractivity (Wildman–Crippen MR) is 131 cm³/mol. The van der Waals surface area contributed by atoms with Gasteiger partial charge in [0.05, 0.1) is 25.2 Å². The van der Waals surface area contributed by atoms with E-state index < -0.39 is 41.1 Å². The number of hydrogen-bond donors (Lipinski definition) is 1. The average molecular weight is 495 g/mol. The number of likely N-dealkylation sites (tertiary alicyclic amines) is 1. The fourth-order valence-corrected chi connectivity index (χ4v) is 6.47. The second kappa shape index (κ2) is 9.48. The van der Waals surface area contributed by atoms with E-state index in [0.29, 0.717) is 32.4 Å². The third-order valence-electron chi connectivity index (χ3n) is 8.22. The fourth-order valence-electron chi connectivity index (χ4n) is 6.47. The summed E-state index contributed by atoms with van der Waals surface area (Å²) in [5.74, 6) is -2.86. The number of hydrogen-bond acceptors (Lipinski definition) is 6. The molecule has 0 radical (unpaired) electrons. The number of nitrogens with zero attached hydrogens (tertiary/aromatic N) is 2. The first-order chi connectivity index (χ1) is 17.4. The molecule has 36 heavy (non-hydrogen) atoms. The van der Waals surface area contributed by atoms with Crippen LogP contribution in [-0.4, -0.2) is 75.7 Å². The summed E-state index contributed by atoms with van der Waals surface area (Å²) in [5, 5.41) is 10.2. The highest BCUT2D eigenvalue weighted by Crippen LogP contribution is 2.58. The summed E-state index contributed by atoms with van der Waals surface area (Å²) in [7, 11) is 0. The quantitative estimate of drug-likeness (QED) is 0.481. The van der Waals surface area contributed by atoms with Gasteiger partial charge in [-0.15, -0.1) is 0 Å². The Labute approximate surface area is 211 Å². The van der Waals surface area contributed by atoms with E-state index in [9.17, 15) is 19.5 Å². The zero-order valence-corrected chi connectivity index (χ0v) is 20.8. The van der Waals surface area contributed by atoms with E-state index in [1.807, 2.05) is 68.5 Å². The molecule has 0 aromatic heterocycles. The summed E-state index contributed by atoms with van der Waals surface area (Å²) in [6.07, 6.45) is 9.02. The minimum atomic E-state index is -1.34. The fraction of sp³-hybridized carbons (Fsp3) is 0.536. The van der Waals surface area contributed by atoms with E-state index in [1.165, 1.54) is 4.90 Å². The number of amides is 2. The maximum Gasteiger partial charge on any atom is 0.313 e. The molecule has 0 aliphatic carbocycles. The predicted octanol–water partition coefficient (Wildman–Crippen LogP) is 2.22. The lowest BCUT2D eigenvalue weighted by molar-refractivity contribution is -0.163. The Morgan fingerprint density at radius 3 is 2.53 bits per heavy atom. The molecule has 8 nitrogen and oxygen atoms in total. The zero-order chi connectivity index (χ0) is 25.5. The van der Waals surface area contributed by atoms with Crippen molar-refractivity contribution in [1.29, 1.82) is 0 Å². The molecule has 4 aliphatic rings. The van der Waals surface area contributed by atoms with E-state index in [1.54, 1.807) is 4.90 Å². The van der Waals surface area contributed by atoms with Crippen LogP contribution < -0.4 is 0 Å². The van der Waals surface area contributed by atoms with Crippen LogP contribution in [0.2, 0.25) is 0 Å². The van der Waals surface area contributed by atoms with Crippen LogP contribution >= 0.6 is 0 Å². The van der Waals surface area contributed by atoms with Gasteiger partial charge in [0.25, 0.3) is 0 Å². The van der Waals surface area contributed by atoms with Crippen molar-refractivity contribution in [2.45, 2.75) is 62.9 Å². The van der Waals surface area contributed by atoms with E-state index in [-0.39, 0.29) is 25.0 Å². The van der Waals surface area contributed by atoms with Crippen LogP contribution in [-0.2, 0) is 30.4 Å². The van der Waals surface area contributed by atoms with Crippen LogP contribution in [0.1, 0.15) is 38.7 Å². The average Bonchev–Trinajstić information content (AvgIpc) is 3.24. The normalized spacial score (nSPS) is 34.4. The van der Waals surface area contributed by atoms with E-state index in [0.717, 1.165) is 5.56 Å².